The van der Waals surface area contributed by atoms with Crippen molar-refractivity contribution >= 4 is 10.8 Å². The summed E-state index contributed by atoms with van der Waals surface area (Å²) in [5.41, 5.74) is 2.08. The summed E-state index contributed by atoms with van der Waals surface area (Å²) >= 11 is 0. The van der Waals surface area contributed by atoms with Gasteiger partial charge in [0.2, 0.25) is 0 Å². The molecule has 0 bridgehead atoms. The zero-order valence-electron chi connectivity index (χ0n) is 13.0. The monoisotopic (exact) mass is 308 g/mol. The molecule has 1 aliphatic heterocycles. The third kappa shape index (κ3) is 3.09. The Labute approximate surface area is 135 Å². The van der Waals surface area contributed by atoms with Crippen LogP contribution in [0.15, 0.2) is 42.9 Å². The molecule has 1 fully saturated rings. The lowest BCUT2D eigenvalue weighted by Crippen LogP contribution is -2.44. The van der Waals surface area contributed by atoms with Crippen LogP contribution in [0.2, 0.25) is 0 Å². The third-order valence-electron chi connectivity index (χ3n) is 4.34. The van der Waals surface area contributed by atoms with Crippen molar-refractivity contribution < 1.29 is 0 Å². The predicted molar refractivity (Wildman–Crippen MR) is 89.7 cm³/mol. The summed E-state index contributed by atoms with van der Waals surface area (Å²) < 4.78 is 1.87. The molecule has 6 nitrogen and oxygen atoms in total. The van der Waals surface area contributed by atoms with Crippen molar-refractivity contribution in [3.63, 3.8) is 0 Å². The van der Waals surface area contributed by atoms with Gasteiger partial charge < -0.3 is 10.2 Å². The van der Waals surface area contributed by atoms with Gasteiger partial charge in [0, 0.05) is 62.3 Å². The molecule has 1 aliphatic rings. The minimum absolute atomic E-state index is 0.937. The highest BCUT2D eigenvalue weighted by Gasteiger charge is 2.11. The van der Waals surface area contributed by atoms with Crippen LogP contribution in [0.1, 0.15) is 5.69 Å². The first-order valence-electron chi connectivity index (χ1n) is 8.07. The number of nitrogens with one attached hydrogen (secondary N) is 1. The van der Waals surface area contributed by atoms with E-state index in [9.17, 15) is 0 Å². The summed E-state index contributed by atoms with van der Waals surface area (Å²) in [6.07, 6.45) is 6.67. The molecule has 6 heteroatoms. The molecule has 1 saturated heterocycles. The first-order valence-corrected chi connectivity index (χ1v) is 8.07. The van der Waals surface area contributed by atoms with Gasteiger partial charge in [-0.1, -0.05) is 17.3 Å². The minimum atomic E-state index is 0.937. The van der Waals surface area contributed by atoms with Crippen LogP contribution in [0, 0.1) is 0 Å². The molecule has 4 rings (SSSR count). The van der Waals surface area contributed by atoms with Gasteiger partial charge in [0.1, 0.15) is 0 Å². The molecule has 23 heavy (non-hydrogen) atoms. The molecular formula is C17H20N6. The zero-order valence-corrected chi connectivity index (χ0v) is 13.0. The Hall–Kier alpha value is -2.31. The summed E-state index contributed by atoms with van der Waals surface area (Å²) in [6.45, 7) is 5.43. The Morgan fingerprint density at radius 3 is 2.96 bits per heavy atom. The fraction of sp³-hybridized carbons (Fsp3) is 0.353. The highest BCUT2D eigenvalue weighted by atomic mass is 15.4. The summed E-state index contributed by atoms with van der Waals surface area (Å²) in [6, 6.07) is 8.18. The largest absolute Gasteiger partial charge is 0.314 e. The molecule has 0 atom stereocenters. The highest BCUT2D eigenvalue weighted by molar-refractivity contribution is 5.89. The number of benzene rings is 1. The van der Waals surface area contributed by atoms with E-state index in [1.807, 2.05) is 35.4 Å². The average molecular weight is 308 g/mol. The van der Waals surface area contributed by atoms with E-state index in [0.29, 0.717) is 0 Å². The van der Waals surface area contributed by atoms with Gasteiger partial charge in [-0.25, -0.2) is 4.68 Å². The van der Waals surface area contributed by atoms with Crippen molar-refractivity contribution in [3.05, 3.63) is 48.5 Å². The van der Waals surface area contributed by atoms with Crippen molar-refractivity contribution in [2.24, 2.45) is 0 Å². The number of rotatable bonds is 4. The summed E-state index contributed by atoms with van der Waals surface area (Å²) in [5.74, 6) is 0. The van der Waals surface area contributed by atoms with Gasteiger partial charge in [0.15, 0.2) is 0 Å². The Morgan fingerprint density at radius 1 is 1.13 bits per heavy atom. The van der Waals surface area contributed by atoms with Crippen LogP contribution in [0.25, 0.3) is 16.5 Å². The zero-order chi connectivity index (χ0) is 15.5. The van der Waals surface area contributed by atoms with Crippen LogP contribution in [0.5, 0.6) is 0 Å². The van der Waals surface area contributed by atoms with Gasteiger partial charge in [0.05, 0.1) is 17.6 Å². The lowest BCUT2D eigenvalue weighted by Gasteiger charge is -2.26. The van der Waals surface area contributed by atoms with Crippen molar-refractivity contribution in [2.45, 2.75) is 6.42 Å². The van der Waals surface area contributed by atoms with Gasteiger partial charge in [-0.3, -0.25) is 4.98 Å². The number of piperazine rings is 1. The second kappa shape index (κ2) is 6.44. The number of fused-ring (bicyclic) bond motifs is 1. The number of nitrogens with zero attached hydrogens (tertiary/aromatic N) is 5. The molecule has 0 unspecified atom stereocenters. The molecule has 0 spiro atoms. The van der Waals surface area contributed by atoms with Crippen LogP contribution < -0.4 is 5.32 Å². The standard InChI is InChI=1S/C17H20N6/c1-2-14-12-19-6-4-16(14)17(3-1)23-13-15(20-21-23)5-9-22-10-7-18-8-11-22/h1-4,6,12-13,18H,5,7-11H2. The summed E-state index contributed by atoms with van der Waals surface area (Å²) in [4.78, 5) is 6.65. The van der Waals surface area contributed by atoms with E-state index in [-0.39, 0.29) is 0 Å². The first kappa shape index (κ1) is 14.3. The van der Waals surface area contributed by atoms with Crippen molar-refractivity contribution in [2.75, 3.05) is 32.7 Å². The van der Waals surface area contributed by atoms with Crippen LogP contribution in [0.3, 0.4) is 0 Å². The number of pyridine rings is 1. The van der Waals surface area contributed by atoms with E-state index in [4.69, 9.17) is 0 Å². The molecule has 1 N–H and O–H groups in total. The lowest BCUT2D eigenvalue weighted by atomic mass is 10.1. The molecule has 2 aromatic heterocycles. The van der Waals surface area contributed by atoms with Crippen molar-refractivity contribution in [1.82, 2.24) is 30.2 Å². The van der Waals surface area contributed by atoms with E-state index < -0.39 is 0 Å². The van der Waals surface area contributed by atoms with Crippen LogP contribution >= 0.6 is 0 Å². The van der Waals surface area contributed by atoms with E-state index in [1.165, 1.54) is 0 Å². The summed E-state index contributed by atoms with van der Waals surface area (Å²) in [5, 5.41) is 14.3. The molecular weight excluding hydrogens is 288 g/mol. The quantitative estimate of drug-likeness (QED) is 0.786. The van der Waals surface area contributed by atoms with Crippen molar-refractivity contribution in [1.29, 1.82) is 0 Å². The average Bonchev–Trinajstić information content (AvgIpc) is 3.09. The molecule has 3 heterocycles. The second-order valence-corrected chi connectivity index (χ2v) is 5.87. The Balaban J connectivity index is 1.52. The Kier molecular flexibility index (Phi) is 4.00. The van der Waals surface area contributed by atoms with Gasteiger partial charge in [-0.05, 0) is 12.1 Å². The fourth-order valence-electron chi connectivity index (χ4n) is 3.04. The Bertz CT molecular complexity index is 785. The minimum Gasteiger partial charge on any atom is -0.314 e. The maximum atomic E-state index is 4.34. The number of hydrogen-bond donors (Lipinski definition) is 1. The molecule has 3 aromatic rings. The number of aromatic nitrogens is 4. The maximum Gasteiger partial charge on any atom is 0.0844 e. The predicted octanol–water partition coefficient (Wildman–Crippen LogP) is 1.26. The van der Waals surface area contributed by atoms with Crippen LogP contribution in [0.4, 0.5) is 0 Å². The van der Waals surface area contributed by atoms with Crippen molar-refractivity contribution in [3.8, 4) is 5.69 Å². The molecule has 1 aromatic carbocycles. The van der Waals surface area contributed by atoms with E-state index in [0.717, 1.165) is 61.3 Å². The maximum absolute atomic E-state index is 4.34. The van der Waals surface area contributed by atoms with Crippen LogP contribution in [-0.2, 0) is 6.42 Å². The molecule has 0 amide bonds. The molecule has 0 radical (unpaired) electrons. The fourth-order valence-corrected chi connectivity index (χ4v) is 3.04. The van der Waals surface area contributed by atoms with Gasteiger partial charge in [-0.2, -0.15) is 0 Å². The SMILES string of the molecule is c1cc(-n2cc(CCN3CCNCC3)nn2)c2ccncc2c1. The molecule has 0 saturated carbocycles. The van der Waals surface area contributed by atoms with E-state index >= 15 is 0 Å². The highest BCUT2D eigenvalue weighted by Crippen LogP contribution is 2.20. The number of hydrogen-bond acceptors (Lipinski definition) is 5. The topological polar surface area (TPSA) is 58.9 Å². The van der Waals surface area contributed by atoms with E-state index in [1.54, 1.807) is 0 Å². The third-order valence-corrected chi connectivity index (χ3v) is 4.34. The van der Waals surface area contributed by atoms with Gasteiger partial charge >= 0.3 is 0 Å². The molecule has 0 aliphatic carbocycles. The molecule has 118 valence electrons. The first-order chi connectivity index (χ1) is 11.4. The van der Waals surface area contributed by atoms with E-state index in [2.05, 4.69) is 37.6 Å². The Morgan fingerprint density at radius 2 is 2.04 bits per heavy atom. The summed E-state index contributed by atoms with van der Waals surface area (Å²) in [7, 11) is 0. The van der Waals surface area contributed by atoms with Crippen LogP contribution in [-0.4, -0.2) is 57.6 Å². The normalized spacial score (nSPS) is 16.0. The lowest BCUT2D eigenvalue weighted by molar-refractivity contribution is 0.243. The van der Waals surface area contributed by atoms with Gasteiger partial charge in [0.25, 0.3) is 0 Å². The second-order valence-electron chi connectivity index (χ2n) is 5.87. The van der Waals surface area contributed by atoms with Gasteiger partial charge in [-0.15, -0.1) is 5.10 Å². The smallest absolute Gasteiger partial charge is 0.0844 e.